The van der Waals surface area contributed by atoms with Crippen LogP contribution in [0.15, 0.2) is 64.8 Å². The molecule has 180 valence electrons. The largest absolute Gasteiger partial charge is 0.352 e. The second-order valence-electron chi connectivity index (χ2n) is 9.48. The highest BCUT2D eigenvalue weighted by Crippen LogP contribution is 2.32. The van der Waals surface area contributed by atoms with E-state index < -0.39 is 0 Å². The summed E-state index contributed by atoms with van der Waals surface area (Å²) in [5.74, 6) is 0.936. The van der Waals surface area contributed by atoms with Gasteiger partial charge in [0.05, 0.1) is 11.4 Å². The summed E-state index contributed by atoms with van der Waals surface area (Å²) in [4.78, 5) is 35.7. The third kappa shape index (κ3) is 5.00. The van der Waals surface area contributed by atoms with Crippen LogP contribution in [-0.4, -0.2) is 29.0 Å². The molecule has 0 aliphatic carbocycles. The molecule has 0 saturated carbocycles. The van der Waals surface area contributed by atoms with Crippen LogP contribution < -0.4 is 15.8 Å². The number of nitrogens with zero attached hydrogens (tertiary/aromatic N) is 2. The van der Waals surface area contributed by atoms with Crippen molar-refractivity contribution in [1.82, 2.24) is 15.3 Å². The number of aromatic amines is 1. The van der Waals surface area contributed by atoms with Crippen LogP contribution in [0, 0.1) is 5.92 Å². The van der Waals surface area contributed by atoms with E-state index in [2.05, 4.69) is 48.4 Å². The predicted molar refractivity (Wildman–Crippen MR) is 143 cm³/mol. The first-order chi connectivity index (χ1) is 17.0. The van der Waals surface area contributed by atoms with E-state index >= 15 is 0 Å². The summed E-state index contributed by atoms with van der Waals surface area (Å²) in [5.41, 5.74) is 4.98. The van der Waals surface area contributed by atoms with E-state index in [-0.39, 0.29) is 17.4 Å². The molecule has 0 spiro atoms. The number of carbonyl (C=O) groups is 1. The van der Waals surface area contributed by atoms with E-state index in [1.54, 1.807) is 0 Å². The Labute approximate surface area is 209 Å². The molecule has 5 rings (SSSR count). The Bertz CT molecular complexity index is 1380. The van der Waals surface area contributed by atoms with Crippen molar-refractivity contribution in [3.05, 3.63) is 81.5 Å². The van der Waals surface area contributed by atoms with Crippen LogP contribution in [0.3, 0.4) is 0 Å². The molecule has 1 unspecified atom stereocenters. The van der Waals surface area contributed by atoms with Gasteiger partial charge in [0.15, 0.2) is 0 Å². The number of hydrogen-bond acceptors (Lipinski definition) is 5. The fraction of sp³-hybridized carbons (Fsp3) is 0.321. The fourth-order valence-electron chi connectivity index (χ4n) is 4.63. The second kappa shape index (κ2) is 10.0. The topological polar surface area (TPSA) is 78.1 Å². The number of fused-ring (bicyclic) bond motifs is 1. The third-order valence-corrected chi connectivity index (χ3v) is 7.67. The monoisotopic (exact) mass is 486 g/mol. The molecule has 1 amide bonds. The van der Waals surface area contributed by atoms with Crippen LogP contribution in [0.5, 0.6) is 0 Å². The number of rotatable bonds is 6. The molecule has 3 heterocycles. The molecular formula is C28H30N4O2S. The highest BCUT2D eigenvalue weighted by atomic mass is 32.1. The first kappa shape index (κ1) is 23.3. The summed E-state index contributed by atoms with van der Waals surface area (Å²) in [5, 5.41) is 5.09. The highest BCUT2D eigenvalue weighted by Gasteiger charge is 2.27. The van der Waals surface area contributed by atoms with Crippen molar-refractivity contribution >= 4 is 33.4 Å². The number of hydrogen-bond donors (Lipinski definition) is 2. The van der Waals surface area contributed by atoms with E-state index in [4.69, 9.17) is 4.98 Å². The highest BCUT2D eigenvalue weighted by molar-refractivity contribution is 7.17. The molecule has 4 aromatic rings. The molecule has 1 fully saturated rings. The average molecular weight is 487 g/mol. The van der Waals surface area contributed by atoms with E-state index in [0.717, 1.165) is 41.6 Å². The number of carbonyl (C=O) groups excluding carboxylic acids is 1. The number of nitrogens with one attached hydrogen (secondary N) is 2. The lowest BCUT2D eigenvalue weighted by atomic mass is 9.97. The number of benzene rings is 2. The summed E-state index contributed by atoms with van der Waals surface area (Å²) < 4.78 is 0.627. The van der Waals surface area contributed by atoms with Crippen LogP contribution in [0.2, 0.25) is 0 Å². The SMILES string of the molecule is CC(C)c1ccc(CNC(=O)C2CCCN(c3nc4c(-c5ccccc5)csc4c(=O)[nH]3)C2)cc1. The standard InChI is InChI=1S/C28H30N4O2S/c1-18(2)20-12-10-19(11-13-20)15-29-26(33)22-9-6-14-32(16-22)28-30-24-23(21-7-4-3-5-8-21)17-35-25(24)27(34)31-28/h3-5,7-8,10-13,17-18,22H,6,9,14-16H2,1-2H3,(H,29,33)(H,30,31,34). The number of thiophene rings is 1. The van der Waals surface area contributed by atoms with Gasteiger partial charge in [-0.2, -0.15) is 0 Å². The molecule has 1 atom stereocenters. The maximum atomic E-state index is 13.0. The Kier molecular flexibility index (Phi) is 6.68. The molecule has 0 radical (unpaired) electrons. The molecule has 7 heteroatoms. The lowest BCUT2D eigenvalue weighted by molar-refractivity contribution is -0.125. The van der Waals surface area contributed by atoms with Gasteiger partial charge >= 0.3 is 0 Å². The van der Waals surface area contributed by atoms with Crippen molar-refractivity contribution in [3.8, 4) is 11.1 Å². The number of anilines is 1. The van der Waals surface area contributed by atoms with Gasteiger partial charge in [-0.3, -0.25) is 14.6 Å². The Morgan fingerprint density at radius 2 is 1.94 bits per heavy atom. The smallest absolute Gasteiger partial charge is 0.270 e. The van der Waals surface area contributed by atoms with Gasteiger partial charge in [-0.05, 0) is 35.4 Å². The average Bonchev–Trinajstić information content (AvgIpc) is 3.33. The predicted octanol–water partition coefficient (Wildman–Crippen LogP) is 5.31. The number of amides is 1. The first-order valence-electron chi connectivity index (χ1n) is 12.2. The van der Waals surface area contributed by atoms with Crippen molar-refractivity contribution in [3.63, 3.8) is 0 Å². The van der Waals surface area contributed by atoms with Gasteiger partial charge in [-0.15, -0.1) is 11.3 Å². The van der Waals surface area contributed by atoms with Gasteiger partial charge in [0, 0.05) is 30.6 Å². The lowest BCUT2D eigenvalue weighted by Gasteiger charge is -2.32. The van der Waals surface area contributed by atoms with Gasteiger partial charge in [0.2, 0.25) is 11.9 Å². The Hall–Kier alpha value is -3.45. The zero-order valence-corrected chi connectivity index (χ0v) is 20.9. The van der Waals surface area contributed by atoms with Crippen LogP contribution in [-0.2, 0) is 11.3 Å². The minimum atomic E-state index is -0.143. The number of piperidine rings is 1. The van der Waals surface area contributed by atoms with Gasteiger partial charge in [-0.25, -0.2) is 4.98 Å². The summed E-state index contributed by atoms with van der Waals surface area (Å²) in [7, 11) is 0. The maximum Gasteiger partial charge on any atom is 0.270 e. The molecule has 0 bridgehead atoms. The molecule has 1 aliphatic rings. The Balaban J connectivity index is 1.30. The van der Waals surface area contributed by atoms with E-state index in [1.807, 2.05) is 40.6 Å². The molecular weight excluding hydrogens is 456 g/mol. The summed E-state index contributed by atoms with van der Waals surface area (Å²) in [6.45, 7) is 6.17. The summed E-state index contributed by atoms with van der Waals surface area (Å²) >= 11 is 1.41. The molecule has 2 aromatic heterocycles. The van der Waals surface area contributed by atoms with Crippen LogP contribution in [0.25, 0.3) is 21.3 Å². The minimum Gasteiger partial charge on any atom is -0.352 e. The third-order valence-electron chi connectivity index (χ3n) is 6.70. The van der Waals surface area contributed by atoms with Crippen molar-refractivity contribution < 1.29 is 4.79 Å². The van der Waals surface area contributed by atoms with Gasteiger partial charge in [-0.1, -0.05) is 68.4 Å². The first-order valence-corrected chi connectivity index (χ1v) is 13.1. The van der Waals surface area contributed by atoms with E-state index in [0.29, 0.717) is 29.7 Å². The van der Waals surface area contributed by atoms with E-state index in [9.17, 15) is 9.59 Å². The minimum absolute atomic E-state index is 0.0477. The Morgan fingerprint density at radius 3 is 2.69 bits per heavy atom. The van der Waals surface area contributed by atoms with Crippen LogP contribution in [0.4, 0.5) is 5.95 Å². The van der Waals surface area contributed by atoms with Gasteiger partial charge in [0.25, 0.3) is 5.56 Å². The quantitative estimate of drug-likeness (QED) is 0.387. The molecule has 1 aliphatic heterocycles. The normalized spacial score (nSPS) is 16.1. The lowest BCUT2D eigenvalue weighted by Crippen LogP contribution is -2.44. The van der Waals surface area contributed by atoms with Gasteiger partial charge < -0.3 is 10.2 Å². The maximum absolute atomic E-state index is 13.0. The summed E-state index contributed by atoms with van der Waals surface area (Å²) in [6, 6.07) is 18.4. The zero-order valence-electron chi connectivity index (χ0n) is 20.1. The molecule has 2 N–H and O–H groups in total. The van der Waals surface area contributed by atoms with Crippen molar-refractivity contribution in [1.29, 1.82) is 0 Å². The molecule has 2 aromatic carbocycles. The summed E-state index contributed by atoms with van der Waals surface area (Å²) in [6.07, 6.45) is 1.70. The van der Waals surface area contributed by atoms with Crippen LogP contribution >= 0.6 is 11.3 Å². The number of H-pyrrole nitrogens is 1. The Morgan fingerprint density at radius 1 is 1.17 bits per heavy atom. The second-order valence-corrected chi connectivity index (χ2v) is 10.4. The van der Waals surface area contributed by atoms with Crippen molar-refractivity contribution in [2.24, 2.45) is 5.92 Å². The molecule has 1 saturated heterocycles. The molecule has 6 nitrogen and oxygen atoms in total. The van der Waals surface area contributed by atoms with Crippen LogP contribution in [0.1, 0.15) is 43.7 Å². The fourth-order valence-corrected chi connectivity index (χ4v) is 5.53. The molecule has 35 heavy (non-hydrogen) atoms. The van der Waals surface area contributed by atoms with Crippen molar-refractivity contribution in [2.45, 2.75) is 39.2 Å². The number of aromatic nitrogens is 2. The van der Waals surface area contributed by atoms with Crippen molar-refractivity contribution in [2.75, 3.05) is 18.0 Å². The van der Waals surface area contributed by atoms with E-state index in [1.165, 1.54) is 16.9 Å². The zero-order chi connectivity index (χ0) is 24.4. The van der Waals surface area contributed by atoms with Gasteiger partial charge in [0.1, 0.15) is 4.70 Å².